The largest absolute Gasteiger partial charge is 0.353 e. The van der Waals surface area contributed by atoms with Gasteiger partial charge in [0, 0.05) is 37.3 Å². The number of carbonyl (C=O) groups is 2. The van der Waals surface area contributed by atoms with Gasteiger partial charge in [-0.1, -0.05) is 24.6 Å². The molecule has 2 amide bonds. The maximum Gasteiger partial charge on any atom is 0.241 e. The third kappa shape index (κ3) is 3.50. The highest BCUT2D eigenvalue weighted by Gasteiger charge is 2.40. The molecule has 2 bridgehead atoms. The summed E-state index contributed by atoms with van der Waals surface area (Å²) >= 11 is 0. The zero-order valence-corrected chi connectivity index (χ0v) is 15.6. The lowest BCUT2D eigenvalue weighted by atomic mass is 9.81. The van der Waals surface area contributed by atoms with Gasteiger partial charge in [-0.05, 0) is 50.2 Å². The van der Waals surface area contributed by atoms with Gasteiger partial charge in [-0.3, -0.25) is 14.5 Å². The molecule has 0 spiro atoms. The van der Waals surface area contributed by atoms with Crippen LogP contribution in [0.3, 0.4) is 0 Å². The minimum absolute atomic E-state index is 0.0579. The molecular formula is C21H29N3O2. The molecule has 1 aromatic rings. The molecule has 0 saturated carbocycles. The quantitative estimate of drug-likeness (QED) is 0.906. The van der Waals surface area contributed by atoms with Crippen molar-refractivity contribution < 1.29 is 9.59 Å². The molecule has 26 heavy (non-hydrogen) atoms. The smallest absolute Gasteiger partial charge is 0.241 e. The molecule has 3 heterocycles. The molecule has 3 atom stereocenters. The highest BCUT2D eigenvalue weighted by atomic mass is 16.2. The SMILES string of the molecule is CC(=O)NC1C[C@H]2CCC[C@@H](C1)N2CC(=O)N1CCCc2ccccc21. The van der Waals surface area contributed by atoms with Gasteiger partial charge in [0.25, 0.3) is 0 Å². The summed E-state index contributed by atoms with van der Waals surface area (Å²) in [6.45, 7) is 2.93. The van der Waals surface area contributed by atoms with Crippen LogP contribution in [0.1, 0.15) is 51.0 Å². The average Bonchev–Trinajstić information content (AvgIpc) is 2.61. The molecule has 1 unspecified atom stereocenters. The molecule has 0 radical (unpaired) electrons. The Hall–Kier alpha value is -1.88. The van der Waals surface area contributed by atoms with E-state index in [4.69, 9.17) is 0 Å². The second-order valence-corrected chi connectivity index (χ2v) is 8.06. The van der Waals surface area contributed by atoms with Crippen LogP contribution >= 0.6 is 0 Å². The molecule has 0 aromatic heterocycles. The van der Waals surface area contributed by atoms with Crippen LogP contribution in [0, 0.1) is 0 Å². The van der Waals surface area contributed by atoms with Gasteiger partial charge >= 0.3 is 0 Å². The normalized spacial score (nSPS) is 28.3. The molecule has 1 aromatic carbocycles. The van der Waals surface area contributed by atoms with Crippen molar-refractivity contribution in [1.82, 2.24) is 10.2 Å². The third-order valence-electron chi connectivity index (χ3n) is 6.26. The molecule has 1 N–H and O–H groups in total. The number of nitrogens with one attached hydrogen (secondary N) is 1. The Kier molecular flexibility index (Phi) is 4.98. The summed E-state index contributed by atoms with van der Waals surface area (Å²) in [5.74, 6) is 0.287. The Morgan fingerprint density at radius 3 is 2.58 bits per heavy atom. The summed E-state index contributed by atoms with van der Waals surface area (Å²) in [6.07, 6.45) is 7.56. The number of carbonyl (C=O) groups excluding carboxylic acids is 2. The first-order valence-electron chi connectivity index (χ1n) is 10.0. The van der Waals surface area contributed by atoms with Crippen LogP contribution in [-0.4, -0.2) is 47.9 Å². The van der Waals surface area contributed by atoms with E-state index in [0.717, 1.165) is 50.8 Å². The Labute approximate surface area is 155 Å². The van der Waals surface area contributed by atoms with E-state index in [1.54, 1.807) is 6.92 Å². The maximum absolute atomic E-state index is 13.1. The van der Waals surface area contributed by atoms with E-state index in [0.29, 0.717) is 18.6 Å². The molecular weight excluding hydrogens is 326 g/mol. The van der Waals surface area contributed by atoms with Crippen molar-refractivity contribution in [3.63, 3.8) is 0 Å². The minimum Gasteiger partial charge on any atom is -0.353 e. The summed E-state index contributed by atoms with van der Waals surface area (Å²) in [5.41, 5.74) is 2.39. The molecule has 3 aliphatic rings. The molecule has 2 fully saturated rings. The Balaban J connectivity index is 1.46. The Morgan fingerprint density at radius 2 is 1.85 bits per heavy atom. The molecule has 3 aliphatic heterocycles. The van der Waals surface area contributed by atoms with E-state index in [1.165, 1.54) is 12.0 Å². The van der Waals surface area contributed by atoms with E-state index in [9.17, 15) is 9.59 Å². The van der Waals surface area contributed by atoms with Gasteiger partial charge in [0.1, 0.15) is 0 Å². The Morgan fingerprint density at radius 1 is 1.12 bits per heavy atom. The second kappa shape index (κ2) is 7.39. The summed E-state index contributed by atoms with van der Waals surface area (Å²) in [4.78, 5) is 29.0. The van der Waals surface area contributed by atoms with Crippen molar-refractivity contribution in [2.75, 3.05) is 18.0 Å². The van der Waals surface area contributed by atoms with Gasteiger partial charge < -0.3 is 10.2 Å². The number of fused-ring (bicyclic) bond motifs is 3. The molecule has 0 aliphatic carbocycles. The number of piperidine rings is 2. The number of benzene rings is 1. The van der Waals surface area contributed by atoms with Crippen LogP contribution in [0.4, 0.5) is 5.69 Å². The van der Waals surface area contributed by atoms with Gasteiger partial charge in [0.15, 0.2) is 0 Å². The van der Waals surface area contributed by atoms with Crippen molar-refractivity contribution in [2.45, 2.75) is 70.0 Å². The number of hydrogen-bond donors (Lipinski definition) is 1. The van der Waals surface area contributed by atoms with Crippen LogP contribution < -0.4 is 10.2 Å². The first kappa shape index (κ1) is 17.5. The number of anilines is 1. The maximum atomic E-state index is 13.1. The Bertz CT molecular complexity index is 676. The van der Waals surface area contributed by atoms with Crippen molar-refractivity contribution in [3.05, 3.63) is 29.8 Å². The summed E-state index contributed by atoms with van der Waals surface area (Å²) < 4.78 is 0. The van der Waals surface area contributed by atoms with Gasteiger partial charge in [-0.2, -0.15) is 0 Å². The molecule has 5 nitrogen and oxygen atoms in total. The van der Waals surface area contributed by atoms with Crippen LogP contribution in [0.15, 0.2) is 24.3 Å². The molecule has 4 rings (SSSR count). The van der Waals surface area contributed by atoms with E-state index < -0.39 is 0 Å². The first-order chi connectivity index (χ1) is 12.6. The van der Waals surface area contributed by atoms with E-state index >= 15 is 0 Å². The number of rotatable bonds is 3. The van der Waals surface area contributed by atoms with Crippen molar-refractivity contribution in [3.8, 4) is 0 Å². The summed E-state index contributed by atoms with van der Waals surface area (Å²) in [6, 6.07) is 9.41. The second-order valence-electron chi connectivity index (χ2n) is 8.06. The molecule has 5 heteroatoms. The summed E-state index contributed by atoms with van der Waals surface area (Å²) in [7, 11) is 0. The lowest BCUT2D eigenvalue weighted by molar-refractivity contribution is -0.124. The van der Waals surface area contributed by atoms with E-state index in [2.05, 4.69) is 28.4 Å². The van der Waals surface area contributed by atoms with Gasteiger partial charge in [-0.15, -0.1) is 0 Å². The minimum atomic E-state index is 0.0579. The lowest BCUT2D eigenvalue weighted by Gasteiger charge is -2.49. The number of nitrogens with zero attached hydrogens (tertiary/aromatic N) is 2. The fourth-order valence-electron chi connectivity index (χ4n) is 5.18. The van der Waals surface area contributed by atoms with Crippen LogP contribution in [0.25, 0.3) is 0 Å². The highest BCUT2D eigenvalue weighted by molar-refractivity contribution is 5.96. The van der Waals surface area contributed by atoms with Gasteiger partial charge in [0.2, 0.25) is 11.8 Å². The molecule has 2 saturated heterocycles. The number of amides is 2. The van der Waals surface area contributed by atoms with Crippen molar-refractivity contribution in [2.24, 2.45) is 0 Å². The first-order valence-corrected chi connectivity index (χ1v) is 10.0. The molecule has 140 valence electrons. The zero-order chi connectivity index (χ0) is 18.1. The number of aryl methyl sites for hydroxylation is 1. The van der Waals surface area contributed by atoms with Crippen LogP contribution in [0.5, 0.6) is 0 Å². The topological polar surface area (TPSA) is 52.7 Å². The van der Waals surface area contributed by atoms with E-state index in [-0.39, 0.29) is 17.9 Å². The highest BCUT2D eigenvalue weighted by Crippen LogP contribution is 2.34. The average molecular weight is 355 g/mol. The third-order valence-corrected chi connectivity index (χ3v) is 6.26. The van der Waals surface area contributed by atoms with Crippen molar-refractivity contribution in [1.29, 1.82) is 0 Å². The zero-order valence-electron chi connectivity index (χ0n) is 15.6. The fourth-order valence-corrected chi connectivity index (χ4v) is 5.18. The number of para-hydroxylation sites is 1. The predicted octanol–water partition coefficient (Wildman–Crippen LogP) is 2.49. The standard InChI is InChI=1S/C21H29N3O2/c1-15(25)22-17-12-18-8-4-9-19(13-17)24(18)14-21(26)23-11-5-7-16-6-2-3-10-20(16)23/h2-3,6,10,17-19H,4-5,7-9,11-14H2,1H3,(H,22,25)/t17?,18-,19+. The lowest BCUT2D eigenvalue weighted by Crippen LogP contribution is -2.59. The van der Waals surface area contributed by atoms with Gasteiger partial charge in [-0.25, -0.2) is 0 Å². The number of hydrogen-bond acceptors (Lipinski definition) is 3. The monoisotopic (exact) mass is 355 g/mol. The van der Waals surface area contributed by atoms with Gasteiger partial charge in [0.05, 0.1) is 6.54 Å². The predicted molar refractivity (Wildman–Crippen MR) is 102 cm³/mol. The van der Waals surface area contributed by atoms with E-state index in [1.807, 2.05) is 11.0 Å². The fraction of sp³-hybridized carbons (Fsp3) is 0.619. The van der Waals surface area contributed by atoms with Crippen molar-refractivity contribution >= 4 is 17.5 Å². The van der Waals surface area contributed by atoms with Crippen LogP contribution in [0.2, 0.25) is 0 Å². The summed E-state index contributed by atoms with van der Waals surface area (Å²) in [5, 5.41) is 3.10. The van der Waals surface area contributed by atoms with Crippen LogP contribution in [-0.2, 0) is 16.0 Å².